The van der Waals surface area contributed by atoms with Gasteiger partial charge < -0.3 is 20.5 Å². The Morgan fingerprint density at radius 3 is 2.50 bits per heavy atom. The first-order chi connectivity index (χ1) is 11.6. The van der Waals surface area contributed by atoms with Gasteiger partial charge in [0.05, 0.1) is 19.3 Å². The second-order valence-corrected chi connectivity index (χ2v) is 6.09. The molecule has 7 heteroatoms. The maximum atomic E-state index is 13.2. The highest BCUT2D eigenvalue weighted by molar-refractivity contribution is 5.73. The lowest BCUT2D eigenvalue weighted by atomic mass is 10.0. The number of aliphatic hydroxyl groups is 1. The SMILES string of the molecule is CC(CO)CNC(=O)NCC(c1ccc(F)cc1)N1CCOCC1. The molecule has 2 rings (SSSR count). The van der Waals surface area contributed by atoms with Crippen LogP contribution < -0.4 is 10.6 Å². The average Bonchev–Trinajstić information content (AvgIpc) is 2.62. The van der Waals surface area contributed by atoms with E-state index in [1.165, 1.54) is 12.1 Å². The molecule has 24 heavy (non-hydrogen) atoms. The van der Waals surface area contributed by atoms with Crippen LogP contribution in [0.4, 0.5) is 9.18 Å². The maximum Gasteiger partial charge on any atom is 0.314 e. The molecule has 1 heterocycles. The number of amides is 2. The zero-order valence-electron chi connectivity index (χ0n) is 14.0. The van der Waals surface area contributed by atoms with Gasteiger partial charge in [-0.3, -0.25) is 4.90 Å². The van der Waals surface area contributed by atoms with E-state index in [2.05, 4.69) is 15.5 Å². The molecule has 3 N–H and O–H groups in total. The predicted molar refractivity (Wildman–Crippen MR) is 89.2 cm³/mol. The normalized spacial score (nSPS) is 18.0. The van der Waals surface area contributed by atoms with E-state index in [1.54, 1.807) is 12.1 Å². The summed E-state index contributed by atoms with van der Waals surface area (Å²) in [5, 5.41) is 14.6. The highest BCUT2D eigenvalue weighted by Crippen LogP contribution is 2.21. The number of carbonyl (C=O) groups is 1. The lowest BCUT2D eigenvalue weighted by molar-refractivity contribution is 0.0167. The summed E-state index contributed by atoms with van der Waals surface area (Å²) in [7, 11) is 0. The van der Waals surface area contributed by atoms with E-state index in [0.29, 0.717) is 26.3 Å². The summed E-state index contributed by atoms with van der Waals surface area (Å²) in [5.74, 6) is -0.258. The summed E-state index contributed by atoms with van der Waals surface area (Å²) >= 11 is 0. The molecule has 2 atom stereocenters. The van der Waals surface area contributed by atoms with Crippen LogP contribution in [0.25, 0.3) is 0 Å². The summed E-state index contributed by atoms with van der Waals surface area (Å²) < 4.78 is 18.6. The van der Waals surface area contributed by atoms with E-state index in [4.69, 9.17) is 9.84 Å². The fraction of sp³-hybridized carbons (Fsp3) is 0.588. The molecule has 0 radical (unpaired) electrons. The molecule has 1 fully saturated rings. The number of morpholine rings is 1. The van der Waals surface area contributed by atoms with Crippen LogP contribution in [0.3, 0.4) is 0 Å². The van der Waals surface area contributed by atoms with Gasteiger partial charge in [-0.2, -0.15) is 0 Å². The topological polar surface area (TPSA) is 73.8 Å². The molecule has 1 aromatic rings. The van der Waals surface area contributed by atoms with Crippen molar-refractivity contribution >= 4 is 6.03 Å². The number of aliphatic hydroxyl groups excluding tert-OH is 1. The van der Waals surface area contributed by atoms with Gasteiger partial charge in [-0.15, -0.1) is 0 Å². The minimum Gasteiger partial charge on any atom is -0.396 e. The molecule has 1 saturated heterocycles. The van der Waals surface area contributed by atoms with Gasteiger partial charge in [-0.05, 0) is 23.6 Å². The molecule has 1 aliphatic rings. The van der Waals surface area contributed by atoms with Gasteiger partial charge >= 0.3 is 6.03 Å². The van der Waals surface area contributed by atoms with Crippen molar-refractivity contribution in [1.29, 1.82) is 0 Å². The second-order valence-electron chi connectivity index (χ2n) is 6.09. The van der Waals surface area contributed by atoms with Gasteiger partial charge in [-0.25, -0.2) is 9.18 Å². The Bertz CT molecular complexity index is 506. The zero-order chi connectivity index (χ0) is 17.4. The van der Waals surface area contributed by atoms with Crippen molar-refractivity contribution in [2.45, 2.75) is 13.0 Å². The van der Waals surface area contributed by atoms with Crippen LogP contribution in [0.5, 0.6) is 0 Å². The predicted octanol–water partition coefficient (Wildman–Crippen LogP) is 1.13. The van der Waals surface area contributed by atoms with Gasteiger partial charge in [0.25, 0.3) is 0 Å². The number of benzene rings is 1. The summed E-state index contributed by atoms with van der Waals surface area (Å²) in [6.07, 6.45) is 0. The lowest BCUT2D eigenvalue weighted by Gasteiger charge is -2.35. The fourth-order valence-corrected chi connectivity index (χ4v) is 2.62. The molecule has 0 aromatic heterocycles. The summed E-state index contributed by atoms with van der Waals surface area (Å²) in [4.78, 5) is 14.2. The van der Waals surface area contributed by atoms with Crippen LogP contribution in [0.2, 0.25) is 0 Å². The monoisotopic (exact) mass is 339 g/mol. The van der Waals surface area contributed by atoms with Crippen LogP contribution in [0.1, 0.15) is 18.5 Å². The van der Waals surface area contributed by atoms with Gasteiger partial charge in [0.1, 0.15) is 5.82 Å². The molecule has 2 amide bonds. The van der Waals surface area contributed by atoms with Crippen LogP contribution in [-0.2, 0) is 4.74 Å². The first kappa shape index (κ1) is 18.6. The third-order valence-electron chi connectivity index (χ3n) is 4.12. The molecule has 134 valence electrons. The van der Waals surface area contributed by atoms with E-state index in [9.17, 15) is 9.18 Å². The fourth-order valence-electron chi connectivity index (χ4n) is 2.62. The Kier molecular flexibility index (Phi) is 7.42. The molecule has 1 aromatic carbocycles. The number of ether oxygens (including phenoxy) is 1. The van der Waals surface area contributed by atoms with Crippen LogP contribution in [0, 0.1) is 11.7 Å². The second kappa shape index (κ2) is 9.56. The van der Waals surface area contributed by atoms with Crippen molar-refractivity contribution in [2.24, 2.45) is 5.92 Å². The summed E-state index contributed by atoms with van der Waals surface area (Å²) in [5.41, 5.74) is 0.960. The molecule has 1 aliphatic heterocycles. The molecular formula is C17H26FN3O3. The number of nitrogens with zero attached hydrogens (tertiary/aromatic N) is 1. The van der Waals surface area contributed by atoms with Crippen molar-refractivity contribution in [1.82, 2.24) is 15.5 Å². The first-order valence-corrected chi connectivity index (χ1v) is 8.30. The van der Waals surface area contributed by atoms with Crippen LogP contribution in [0.15, 0.2) is 24.3 Å². The van der Waals surface area contributed by atoms with E-state index in [1.807, 2.05) is 6.92 Å². The Balaban J connectivity index is 1.95. The smallest absolute Gasteiger partial charge is 0.314 e. The number of nitrogens with one attached hydrogen (secondary N) is 2. The molecule has 0 spiro atoms. The van der Waals surface area contributed by atoms with E-state index in [-0.39, 0.29) is 30.4 Å². The molecule has 0 aliphatic carbocycles. The Morgan fingerprint density at radius 1 is 1.25 bits per heavy atom. The van der Waals surface area contributed by atoms with E-state index in [0.717, 1.165) is 18.7 Å². The standard InChI is InChI=1S/C17H26FN3O3/c1-13(12-22)10-19-17(23)20-11-16(21-6-8-24-9-7-21)14-2-4-15(18)5-3-14/h2-5,13,16,22H,6-12H2,1H3,(H2,19,20,23). The number of urea groups is 1. The number of halogens is 1. The average molecular weight is 339 g/mol. The summed E-state index contributed by atoms with van der Waals surface area (Å²) in [6, 6.07) is 6.08. The summed E-state index contributed by atoms with van der Waals surface area (Å²) in [6.45, 7) is 5.57. The van der Waals surface area contributed by atoms with E-state index >= 15 is 0 Å². The third kappa shape index (κ3) is 5.74. The molecular weight excluding hydrogens is 313 g/mol. The quantitative estimate of drug-likeness (QED) is 0.696. The zero-order valence-corrected chi connectivity index (χ0v) is 14.0. The third-order valence-corrected chi connectivity index (χ3v) is 4.12. The minimum atomic E-state index is -0.275. The molecule has 0 saturated carbocycles. The van der Waals surface area contributed by atoms with Crippen molar-refractivity contribution in [3.8, 4) is 0 Å². The number of hydrogen-bond acceptors (Lipinski definition) is 4. The molecule has 2 unspecified atom stereocenters. The number of hydrogen-bond donors (Lipinski definition) is 3. The van der Waals surface area contributed by atoms with Crippen molar-refractivity contribution in [2.75, 3.05) is 46.0 Å². The van der Waals surface area contributed by atoms with Crippen molar-refractivity contribution in [3.05, 3.63) is 35.6 Å². The highest BCUT2D eigenvalue weighted by Gasteiger charge is 2.23. The molecule has 0 bridgehead atoms. The van der Waals surface area contributed by atoms with Gasteiger partial charge in [0.15, 0.2) is 0 Å². The Labute approximate surface area is 142 Å². The minimum absolute atomic E-state index is 0.0166. The van der Waals surface area contributed by atoms with Crippen LogP contribution >= 0.6 is 0 Å². The van der Waals surface area contributed by atoms with E-state index < -0.39 is 0 Å². The maximum absolute atomic E-state index is 13.2. The Morgan fingerprint density at radius 2 is 1.88 bits per heavy atom. The first-order valence-electron chi connectivity index (χ1n) is 8.30. The Hall–Kier alpha value is -1.70. The number of rotatable bonds is 7. The van der Waals surface area contributed by atoms with Gasteiger partial charge in [0.2, 0.25) is 0 Å². The largest absolute Gasteiger partial charge is 0.396 e. The van der Waals surface area contributed by atoms with Crippen molar-refractivity contribution in [3.63, 3.8) is 0 Å². The van der Waals surface area contributed by atoms with Crippen LogP contribution in [-0.4, -0.2) is 62.0 Å². The highest BCUT2D eigenvalue weighted by atomic mass is 19.1. The lowest BCUT2D eigenvalue weighted by Crippen LogP contribution is -2.46. The number of carbonyl (C=O) groups excluding carboxylic acids is 1. The molecule has 6 nitrogen and oxygen atoms in total. The van der Waals surface area contributed by atoms with Gasteiger partial charge in [-0.1, -0.05) is 19.1 Å². The van der Waals surface area contributed by atoms with Gasteiger partial charge in [0, 0.05) is 32.8 Å². The van der Waals surface area contributed by atoms with Crippen molar-refractivity contribution < 1.29 is 19.0 Å².